The second-order valence-corrected chi connectivity index (χ2v) is 5.70. The summed E-state index contributed by atoms with van der Waals surface area (Å²) < 4.78 is 5.12. The van der Waals surface area contributed by atoms with E-state index >= 15 is 0 Å². The van der Waals surface area contributed by atoms with E-state index in [1.807, 2.05) is 12.1 Å². The molecule has 1 fully saturated rings. The molecule has 3 rings (SSSR count). The van der Waals surface area contributed by atoms with Crippen molar-refractivity contribution in [1.29, 1.82) is 0 Å². The first kappa shape index (κ1) is 15.6. The standard InChI is InChI=1S/C15H22N6O2/c1-23-8-7-21-6-5-10(9-21)17-15-18-12-4-2-3-11(13(12)19-15)14(16)20-22/h2-4,10,22H,5-9H2,1H3,(H2,16,20)(H2,17,18,19). The molecule has 0 bridgehead atoms. The molecule has 124 valence electrons. The molecule has 0 saturated carbocycles. The lowest BCUT2D eigenvalue weighted by molar-refractivity contribution is 0.160. The van der Waals surface area contributed by atoms with Gasteiger partial charge in [0, 0.05) is 38.3 Å². The summed E-state index contributed by atoms with van der Waals surface area (Å²) in [5.74, 6) is 0.761. The average molecular weight is 318 g/mol. The van der Waals surface area contributed by atoms with Gasteiger partial charge in [0.05, 0.1) is 12.1 Å². The largest absolute Gasteiger partial charge is 0.409 e. The molecule has 1 aromatic carbocycles. The number of rotatable bonds is 6. The lowest BCUT2D eigenvalue weighted by atomic mass is 10.2. The van der Waals surface area contributed by atoms with E-state index in [1.165, 1.54) is 0 Å². The number of hydrogen-bond donors (Lipinski definition) is 4. The molecule has 8 heteroatoms. The smallest absolute Gasteiger partial charge is 0.201 e. The van der Waals surface area contributed by atoms with Crippen molar-refractivity contribution in [2.24, 2.45) is 10.9 Å². The lowest BCUT2D eigenvalue weighted by Gasteiger charge is -2.15. The first-order valence-corrected chi connectivity index (χ1v) is 7.65. The number of aromatic nitrogens is 2. The summed E-state index contributed by atoms with van der Waals surface area (Å²) in [5, 5.41) is 15.4. The van der Waals surface area contributed by atoms with Crippen molar-refractivity contribution in [2.75, 3.05) is 38.7 Å². The monoisotopic (exact) mass is 318 g/mol. The summed E-state index contributed by atoms with van der Waals surface area (Å²) >= 11 is 0. The van der Waals surface area contributed by atoms with Crippen molar-refractivity contribution in [3.8, 4) is 0 Å². The minimum atomic E-state index is 0.0558. The summed E-state index contributed by atoms with van der Waals surface area (Å²) in [4.78, 5) is 10.2. The van der Waals surface area contributed by atoms with Gasteiger partial charge in [-0.15, -0.1) is 0 Å². The lowest BCUT2D eigenvalue weighted by Crippen LogP contribution is -2.29. The average Bonchev–Trinajstić information content (AvgIpc) is 3.18. The van der Waals surface area contributed by atoms with Crippen molar-refractivity contribution in [3.05, 3.63) is 23.8 Å². The normalized spacial score (nSPS) is 19.5. The van der Waals surface area contributed by atoms with Gasteiger partial charge in [0.1, 0.15) is 5.52 Å². The molecule has 23 heavy (non-hydrogen) atoms. The van der Waals surface area contributed by atoms with Crippen LogP contribution in [0.15, 0.2) is 23.4 Å². The molecule has 2 aromatic rings. The molecule has 0 aliphatic carbocycles. The van der Waals surface area contributed by atoms with Gasteiger partial charge in [-0.1, -0.05) is 11.2 Å². The van der Waals surface area contributed by atoms with Gasteiger partial charge >= 0.3 is 0 Å². The van der Waals surface area contributed by atoms with E-state index in [4.69, 9.17) is 15.7 Å². The number of nitrogens with two attached hydrogens (primary N) is 1. The third-order valence-electron chi connectivity index (χ3n) is 4.12. The molecule has 5 N–H and O–H groups in total. The fraction of sp³-hybridized carbons (Fsp3) is 0.467. The van der Waals surface area contributed by atoms with Crippen LogP contribution in [0.2, 0.25) is 0 Å². The third kappa shape index (κ3) is 3.38. The second-order valence-electron chi connectivity index (χ2n) is 5.70. The van der Waals surface area contributed by atoms with Crippen molar-refractivity contribution in [2.45, 2.75) is 12.5 Å². The van der Waals surface area contributed by atoms with Crippen LogP contribution in [0.1, 0.15) is 12.0 Å². The molecule has 1 saturated heterocycles. The number of aromatic amines is 1. The van der Waals surface area contributed by atoms with Crippen LogP contribution in [0, 0.1) is 0 Å². The molecule has 8 nitrogen and oxygen atoms in total. The number of fused-ring (bicyclic) bond motifs is 1. The first-order chi connectivity index (χ1) is 11.2. The molecule has 1 aromatic heterocycles. The Hall–Kier alpha value is -2.32. The van der Waals surface area contributed by atoms with E-state index in [9.17, 15) is 0 Å². The Kier molecular flexibility index (Phi) is 4.63. The highest BCUT2D eigenvalue weighted by Crippen LogP contribution is 2.20. The van der Waals surface area contributed by atoms with Crippen LogP contribution in [0.25, 0.3) is 11.0 Å². The molecule has 1 unspecified atom stereocenters. The number of nitrogens with zero attached hydrogens (tertiary/aromatic N) is 3. The predicted octanol–water partition coefficient (Wildman–Crippen LogP) is 0.790. The number of likely N-dealkylation sites (tertiary alicyclic amines) is 1. The van der Waals surface area contributed by atoms with Gasteiger partial charge in [0.25, 0.3) is 0 Å². The minimum Gasteiger partial charge on any atom is -0.409 e. The summed E-state index contributed by atoms with van der Waals surface area (Å²) in [6, 6.07) is 5.89. The highest BCUT2D eigenvalue weighted by molar-refractivity contribution is 6.07. The minimum absolute atomic E-state index is 0.0558. The number of nitrogens with one attached hydrogen (secondary N) is 2. The molecule has 0 amide bonds. The Balaban J connectivity index is 1.72. The van der Waals surface area contributed by atoms with Crippen LogP contribution >= 0.6 is 0 Å². The maximum atomic E-state index is 8.88. The molecular formula is C15H22N6O2. The number of benzene rings is 1. The molecule has 0 spiro atoms. The predicted molar refractivity (Wildman–Crippen MR) is 88.9 cm³/mol. The van der Waals surface area contributed by atoms with Crippen LogP contribution in [0.3, 0.4) is 0 Å². The fourth-order valence-corrected chi connectivity index (χ4v) is 2.93. The molecule has 1 atom stereocenters. The molecule has 2 heterocycles. The summed E-state index contributed by atoms with van der Waals surface area (Å²) in [6.07, 6.45) is 1.06. The highest BCUT2D eigenvalue weighted by Gasteiger charge is 2.23. The Morgan fingerprint density at radius 3 is 3.26 bits per heavy atom. The Morgan fingerprint density at radius 1 is 1.61 bits per heavy atom. The number of methoxy groups -OCH3 is 1. The van der Waals surface area contributed by atoms with Crippen molar-refractivity contribution < 1.29 is 9.94 Å². The van der Waals surface area contributed by atoms with E-state index in [1.54, 1.807) is 13.2 Å². The summed E-state index contributed by atoms with van der Waals surface area (Å²) in [5.41, 5.74) is 7.87. The second kappa shape index (κ2) is 6.84. The van der Waals surface area contributed by atoms with Crippen LogP contribution in [0.4, 0.5) is 5.95 Å². The van der Waals surface area contributed by atoms with Crippen LogP contribution < -0.4 is 11.1 Å². The number of imidazole rings is 1. The summed E-state index contributed by atoms with van der Waals surface area (Å²) in [6.45, 7) is 3.72. The molecule has 1 aliphatic heterocycles. The number of H-pyrrole nitrogens is 1. The number of anilines is 1. The Morgan fingerprint density at radius 2 is 2.48 bits per heavy atom. The zero-order valence-electron chi connectivity index (χ0n) is 13.1. The zero-order valence-corrected chi connectivity index (χ0v) is 13.1. The third-order valence-corrected chi connectivity index (χ3v) is 4.12. The summed E-state index contributed by atoms with van der Waals surface area (Å²) in [7, 11) is 1.72. The van der Waals surface area contributed by atoms with Gasteiger partial charge in [0.15, 0.2) is 5.84 Å². The molecule has 0 radical (unpaired) electrons. The van der Waals surface area contributed by atoms with E-state index in [0.717, 1.165) is 38.2 Å². The van der Waals surface area contributed by atoms with Gasteiger partial charge in [-0.2, -0.15) is 0 Å². The SMILES string of the molecule is COCCN1CCC(Nc2nc3c(C(N)=NO)cccc3[nH]2)C1. The Bertz CT molecular complexity index is 698. The maximum Gasteiger partial charge on any atom is 0.201 e. The van der Waals surface area contributed by atoms with Gasteiger partial charge in [-0.3, -0.25) is 4.90 Å². The van der Waals surface area contributed by atoms with Gasteiger partial charge in [-0.05, 0) is 18.6 Å². The number of oxime groups is 1. The van der Waals surface area contributed by atoms with Crippen LogP contribution in [0.5, 0.6) is 0 Å². The quantitative estimate of drug-likeness (QED) is 0.271. The van der Waals surface area contributed by atoms with Gasteiger partial charge in [0.2, 0.25) is 5.95 Å². The van der Waals surface area contributed by atoms with Gasteiger partial charge < -0.3 is 26.0 Å². The topological polar surface area (TPSA) is 112 Å². The molecule has 1 aliphatic rings. The maximum absolute atomic E-state index is 8.88. The Labute approximate surface area is 134 Å². The van der Waals surface area contributed by atoms with Crippen LogP contribution in [-0.2, 0) is 4.74 Å². The number of para-hydroxylation sites is 1. The highest BCUT2D eigenvalue weighted by atomic mass is 16.5. The van der Waals surface area contributed by atoms with E-state index in [0.29, 0.717) is 23.1 Å². The van der Waals surface area contributed by atoms with Crippen molar-refractivity contribution in [3.63, 3.8) is 0 Å². The first-order valence-electron chi connectivity index (χ1n) is 7.65. The number of amidine groups is 1. The van der Waals surface area contributed by atoms with E-state index in [2.05, 4.69) is 25.3 Å². The van der Waals surface area contributed by atoms with Crippen molar-refractivity contribution in [1.82, 2.24) is 14.9 Å². The zero-order chi connectivity index (χ0) is 16.2. The van der Waals surface area contributed by atoms with Crippen LogP contribution in [-0.4, -0.2) is 65.3 Å². The molecular weight excluding hydrogens is 296 g/mol. The van der Waals surface area contributed by atoms with E-state index in [-0.39, 0.29) is 5.84 Å². The van der Waals surface area contributed by atoms with Crippen molar-refractivity contribution >= 4 is 22.8 Å². The van der Waals surface area contributed by atoms with Gasteiger partial charge in [-0.25, -0.2) is 4.98 Å². The van der Waals surface area contributed by atoms with E-state index < -0.39 is 0 Å². The number of hydrogen-bond acceptors (Lipinski definition) is 6. The number of ether oxygens (including phenoxy) is 1. The fourth-order valence-electron chi connectivity index (χ4n) is 2.93.